The van der Waals surface area contributed by atoms with Crippen molar-refractivity contribution < 1.29 is 0 Å². The molecule has 4 nitrogen and oxygen atoms in total. The summed E-state index contributed by atoms with van der Waals surface area (Å²) in [5.74, 6) is 0. The zero-order valence-electron chi connectivity index (χ0n) is 11.6. The number of rotatable bonds is 6. The Morgan fingerprint density at radius 2 is 2.11 bits per heavy atom. The molecule has 2 aromatic rings. The molecule has 19 heavy (non-hydrogen) atoms. The molecule has 0 amide bonds. The van der Waals surface area contributed by atoms with Crippen molar-refractivity contribution in [3.8, 4) is 0 Å². The van der Waals surface area contributed by atoms with Crippen molar-refractivity contribution in [3.63, 3.8) is 0 Å². The van der Waals surface area contributed by atoms with Gasteiger partial charge in [-0.05, 0) is 38.1 Å². The zero-order valence-corrected chi connectivity index (χ0v) is 12.4. The first-order valence-corrected chi connectivity index (χ1v) is 7.25. The number of likely N-dealkylation sites (N-methyl/N-ethyl adjacent to an activating group) is 1. The first-order chi connectivity index (χ1) is 9.20. The lowest BCUT2D eigenvalue weighted by atomic mass is 10.2. The van der Waals surface area contributed by atoms with Gasteiger partial charge in [-0.1, -0.05) is 0 Å². The maximum Gasteiger partial charge on any atom is 0.185 e. The van der Waals surface area contributed by atoms with E-state index in [9.17, 15) is 0 Å². The molecular formula is C14H20N4S. The third-order valence-electron chi connectivity index (χ3n) is 3.18. The molecule has 2 aromatic heterocycles. The number of thiazole rings is 1. The smallest absolute Gasteiger partial charge is 0.185 e. The van der Waals surface area contributed by atoms with Gasteiger partial charge >= 0.3 is 0 Å². The van der Waals surface area contributed by atoms with Gasteiger partial charge < -0.3 is 10.2 Å². The average molecular weight is 276 g/mol. The summed E-state index contributed by atoms with van der Waals surface area (Å²) in [6.07, 6.45) is 6.65. The normalized spacial score (nSPS) is 12.4. The fourth-order valence-corrected chi connectivity index (χ4v) is 2.70. The van der Waals surface area contributed by atoms with Gasteiger partial charge in [-0.25, -0.2) is 4.98 Å². The van der Waals surface area contributed by atoms with Crippen molar-refractivity contribution in [2.45, 2.75) is 19.4 Å². The Bertz CT molecular complexity index is 497. The highest BCUT2D eigenvalue weighted by Gasteiger charge is 2.10. The third-order valence-corrected chi connectivity index (χ3v) is 4.48. The van der Waals surface area contributed by atoms with E-state index in [-0.39, 0.29) is 0 Å². The molecule has 0 bridgehead atoms. The standard InChI is InChI=1S/C14H20N4S/c1-11(15-2)13-10-17-14(19-13)18(3)9-6-12-4-7-16-8-5-12/h4-5,7-8,10-11,15H,6,9H2,1-3H3. The minimum Gasteiger partial charge on any atom is -0.351 e. The van der Waals surface area contributed by atoms with Crippen LogP contribution in [0.5, 0.6) is 0 Å². The second kappa shape index (κ2) is 6.63. The Labute approximate surface area is 118 Å². The highest BCUT2D eigenvalue weighted by molar-refractivity contribution is 7.15. The number of pyridine rings is 1. The number of nitrogens with zero attached hydrogens (tertiary/aromatic N) is 3. The number of nitrogens with one attached hydrogen (secondary N) is 1. The minimum atomic E-state index is 0.361. The molecule has 1 N–H and O–H groups in total. The molecule has 0 spiro atoms. The Morgan fingerprint density at radius 1 is 1.37 bits per heavy atom. The molecule has 2 heterocycles. The molecule has 0 aliphatic carbocycles. The van der Waals surface area contributed by atoms with E-state index in [1.807, 2.05) is 25.6 Å². The number of aromatic nitrogens is 2. The molecule has 1 atom stereocenters. The van der Waals surface area contributed by atoms with E-state index in [4.69, 9.17) is 0 Å². The average Bonchev–Trinajstić information content (AvgIpc) is 2.95. The van der Waals surface area contributed by atoms with Crippen molar-refractivity contribution in [1.29, 1.82) is 0 Å². The molecule has 0 radical (unpaired) electrons. The van der Waals surface area contributed by atoms with E-state index in [0.717, 1.165) is 18.1 Å². The van der Waals surface area contributed by atoms with Crippen LogP contribution in [0.4, 0.5) is 5.13 Å². The van der Waals surface area contributed by atoms with E-state index in [0.29, 0.717) is 6.04 Å². The van der Waals surface area contributed by atoms with Crippen LogP contribution in [-0.2, 0) is 6.42 Å². The molecule has 0 saturated carbocycles. The first kappa shape index (κ1) is 14.0. The Kier molecular flexibility index (Phi) is 4.87. The second-order valence-electron chi connectivity index (χ2n) is 4.58. The van der Waals surface area contributed by atoms with Crippen molar-refractivity contribution in [1.82, 2.24) is 15.3 Å². The molecule has 0 aliphatic rings. The van der Waals surface area contributed by atoms with Crippen molar-refractivity contribution in [2.75, 3.05) is 25.5 Å². The summed E-state index contributed by atoms with van der Waals surface area (Å²) in [5, 5.41) is 4.31. The second-order valence-corrected chi connectivity index (χ2v) is 5.62. The van der Waals surface area contributed by atoms with Crippen LogP contribution in [0.15, 0.2) is 30.7 Å². The van der Waals surface area contributed by atoms with Gasteiger partial charge in [0.15, 0.2) is 5.13 Å². The monoisotopic (exact) mass is 276 g/mol. The lowest BCUT2D eigenvalue weighted by Gasteiger charge is -2.15. The molecule has 2 rings (SSSR count). The van der Waals surface area contributed by atoms with E-state index in [2.05, 4.69) is 46.3 Å². The van der Waals surface area contributed by atoms with E-state index < -0.39 is 0 Å². The van der Waals surface area contributed by atoms with Crippen LogP contribution in [0.2, 0.25) is 0 Å². The van der Waals surface area contributed by atoms with Gasteiger partial charge in [0, 0.05) is 43.1 Å². The SMILES string of the molecule is CNC(C)c1cnc(N(C)CCc2ccncc2)s1. The van der Waals surface area contributed by atoms with E-state index in [1.54, 1.807) is 11.3 Å². The van der Waals surface area contributed by atoms with Crippen LogP contribution in [0.3, 0.4) is 0 Å². The highest BCUT2D eigenvalue weighted by atomic mass is 32.1. The van der Waals surface area contributed by atoms with Crippen LogP contribution >= 0.6 is 11.3 Å². The van der Waals surface area contributed by atoms with Crippen LogP contribution < -0.4 is 10.2 Å². The minimum absolute atomic E-state index is 0.361. The van der Waals surface area contributed by atoms with Gasteiger partial charge in [-0.2, -0.15) is 0 Å². The lowest BCUT2D eigenvalue weighted by molar-refractivity contribution is 0.662. The van der Waals surface area contributed by atoms with Gasteiger partial charge in [0.25, 0.3) is 0 Å². The predicted octanol–water partition coefficient (Wildman–Crippen LogP) is 2.50. The quantitative estimate of drug-likeness (QED) is 0.880. The summed E-state index contributed by atoms with van der Waals surface area (Å²) >= 11 is 1.75. The van der Waals surface area contributed by atoms with Crippen molar-refractivity contribution in [3.05, 3.63) is 41.2 Å². The largest absolute Gasteiger partial charge is 0.351 e. The molecule has 5 heteroatoms. The molecular weight excluding hydrogens is 256 g/mol. The summed E-state index contributed by atoms with van der Waals surface area (Å²) in [5.41, 5.74) is 1.31. The summed E-state index contributed by atoms with van der Waals surface area (Å²) in [6.45, 7) is 3.11. The Hall–Kier alpha value is -1.46. The molecule has 102 valence electrons. The summed E-state index contributed by atoms with van der Waals surface area (Å²) in [4.78, 5) is 12.0. The first-order valence-electron chi connectivity index (χ1n) is 6.43. The molecule has 0 aliphatic heterocycles. The fourth-order valence-electron chi connectivity index (χ4n) is 1.74. The van der Waals surface area contributed by atoms with E-state index in [1.165, 1.54) is 10.4 Å². The number of hydrogen-bond donors (Lipinski definition) is 1. The molecule has 0 aromatic carbocycles. The Morgan fingerprint density at radius 3 is 2.79 bits per heavy atom. The van der Waals surface area contributed by atoms with Crippen LogP contribution in [0, 0.1) is 0 Å². The van der Waals surface area contributed by atoms with Crippen LogP contribution in [0.25, 0.3) is 0 Å². The molecule has 0 fully saturated rings. The predicted molar refractivity (Wildman–Crippen MR) is 80.8 cm³/mol. The van der Waals surface area contributed by atoms with Crippen molar-refractivity contribution >= 4 is 16.5 Å². The number of anilines is 1. The maximum absolute atomic E-state index is 4.49. The van der Waals surface area contributed by atoms with Gasteiger partial charge in [0.05, 0.1) is 0 Å². The van der Waals surface area contributed by atoms with Crippen LogP contribution in [-0.4, -0.2) is 30.6 Å². The van der Waals surface area contributed by atoms with Gasteiger partial charge in [0.1, 0.15) is 0 Å². The topological polar surface area (TPSA) is 41.1 Å². The summed E-state index contributed by atoms with van der Waals surface area (Å²) < 4.78 is 0. The summed E-state index contributed by atoms with van der Waals surface area (Å²) in [7, 11) is 4.06. The number of hydrogen-bond acceptors (Lipinski definition) is 5. The van der Waals surface area contributed by atoms with Gasteiger partial charge in [-0.3, -0.25) is 4.98 Å². The lowest BCUT2D eigenvalue weighted by Crippen LogP contribution is -2.19. The molecule has 0 saturated heterocycles. The maximum atomic E-state index is 4.49. The zero-order chi connectivity index (χ0) is 13.7. The third kappa shape index (κ3) is 3.75. The van der Waals surface area contributed by atoms with Gasteiger partial charge in [-0.15, -0.1) is 11.3 Å². The fraction of sp³-hybridized carbons (Fsp3) is 0.429. The highest BCUT2D eigenvalue weighted by Crippen LogP contribution is 2.26. The molecule has 1 unspecified atom stereocenters. The van der Waals surface area contributed by atoms with Gasteiger partial charge in [0.2, 0.25) is 0 Å². The summed E-state index contributed by atoms with van der Waals surface area (Å²) in [6, 6.07) is 4.48. The Balaban J connectivity index is 1.93. The van der Waals surface area contributed by atoms with Crippen LogP contribution in [0.1, 0.15) is 23.4 Å². The van der Waals surface area contributed by atoms with Crippen molar-refractivity contribution in [2.24, 2.45) is 0 Å². The van der Waals surface area contributed by atoms with E-state index >= 15 is 0 Å².